The number of unbranched alkanes of at least 4 members (excludes halogenated alkanes) is 2. The highest BCUT2D eigenvalue weighted by Crippen LogP contribution is 2.27. The number of hydrogen-bond acceptors (Lipinski definition) is 2. The molecule has 1 heterocycles. The van der Waals surface area contributed by atoms with Gasteiger partial charge in [0.2, 0.25) is 11.8 Å². The molecule has 4 heteroatoms. The molecule has 1 aliphatic heterocycles. The van der Waals surface area contributed by atoms with Gasteiger partial charge >= 0.3 is 0 Å². The van der Waals surface area contributed by atoms with Crippen LogP contribution in [0.4, 0.5) is 0 Å². The second kappa shape index (κ2) is 6.40. The Balaban J connectivity index is 2.94. The molecule has 0 bridgehead atoms. The number of nitrogens with zero attached hydrogens (tertiary/aromatic N) is 1. The first-order valence-corrected chi connectivity index (χ1v) is 7.50. The lowest BCUT2D eigenvalue weighted by atomic mass is 9.87. The molecule has 1 rings (SSSR count). The van der Waals surface area contributed by atoms with Gasteiger partial charge in [0.05, 0.1) is 0 Å². The molecule has 2 unspecified atom stereocenters. The van der Waals surface area contributed by atoms with Gasteiger partial charge in [0, 0.05) is 6.54 Å². The zero-order valence-corrected chi connectivity index (χ0v) is 13.0. The number of piperazine rings is 1. The Hall–Kier alpha value is -1.06. The molecule has 1 aliphatic rings. The summed E-state index contributed by atoms with van der Waals surface area (Å²) in [7, 11) is 0. The van der Waals surface area contributed by atoms with Crippen LogP contribution < -0.4 is 5.32 Å². The third kappa shape index (κ3) is 3.10. The summed E-state index contributed by atoms with van der Waals surface area (Å²) in [4.78, 5) is 26.7. The predicted molar refractivity (Wildman–Crippen MR) is 76.7 cm³/mol. The van der Waals surface area contributed by atoms with Gasteiger partial charge in [-0.15, -0.1) is 0 Å². The smallest absolute Gasteiger partial charge is 0.246 e. The molecule has 0 saturated carbocycles. The van der Waals surface area contributed by atoms with Crippen LogP contribution >= 0.6 is 0 Å². The number of hydrogen-bond donors (Lipinski definition) is 1. The van der Waals surface area contributed by atoms with Crippen LogP contribution in [-0.2, 0) is 9.59 Å². The fourth-order valence-electron chi connectivity index (χ4n) is 2.57. The van der Waals surface area contributed by atoms with Gasteiger partial charge in [-0.3, -0.25) is 9.59 Å². The van der Waals surface area contributed by atoms with Gasteiger partial charge < -0.3 is 10.2 Å². The predicted octanol–water partition coefficient (Wildman–Crippen LogP) is 2.33. The average Bonchev–Trinajstić information content (AvgIpc) is 2.37. The summed E-state index contributed by atoms with van der Waals surface area (Å²) in [6.45, 7) is 10.6. The molecule has 19 heavy (non-hydrogen) atoms. The van der Waals surface area contributed by atoms with Crippen LogP contribution in [0, 0.1) is 5.92 Å². The van der Waals surface area contributed by atoms with E-state index < -0.39 is 5.54 Å². The van der Waals surface area contributed by atoms with Gasteiger partial charge in [0.25, 0.3) is 0 Å². The maximum Gasteiger partial charge on any atom is 0.246 e. The van der Waals surface area contributed by atoms with Crippen molar-refractivity contribution in [2.75, 3.05) is 6.54 Å². The van der Waals surface area contributed by atoms with Crippen LogP contribution in [0.5, 0.6) is 0 Å². The average molecular weight is 268 g/mol. The first-order valence-electron chi connectivity index (χ1n) is 7.50. The minimum atomic E-state index is -0.684. The Kier molecular flexibility index (Phi) is 5.39. The standard InChI is InChI=1S/C15H28N2O2/c1-6-8-9-10-17-13(18)12(11(3)4)16-14(19)15(17,5)7-2/h11-12H,6-10H2,1-5H3,(H,16,19). The highest BCUT2D eigenvalue weighted by Gasteiger charge is 2.48. The van der Waals surface area contributed by atoms with E-state index in [0.29, 0.717) is 13.0 Å². The fourth-order valence-corrected chi connectivity index (χ4v) is 2.57. The summed E-state index contributed by atoms with van der Waals surface area (Å²) in [5, 5.41) is 2.90. The van der Waals surface area contributed by atoms with E-state index in [-0.39, 0.29) is 23.8 Å². The van der Waals surface area contributed by atoms with E-state index in [1.807, 2.05) is 32.6 Å². The van der Waals surface area contributed by atoms with Gasteiger partial charge in [-0.2, -0.15) is 0 Å². The minimum absolute atomic E-state index is 0.00945. The molecule has 2 amide bonds. The largest absolute Gasteiger partial charge is 0.342 e. The fraction of sp³-hybridized carbons (Fsp3) is 0.867. The zero-order valence-electron chi connectivity index (χ0n) is 13.0. The van der Waals surface area contributed by atoms with E-state index >= 15 is 0 Å². The van der Waals surface area contributed by atoms with Gasteiger partial charge in [-0.05, 0) is 25.7 Å². The Morgan fingerprint density at radius 1 is 1.26 bits per heavy atom. The van der Waals surface area contributed by atoms with Crippen molar-refractivity contribution in [1.82, 2.24) is 10.2 Å². The number of nitrogens with one attached hydrogen (secondary N) is 1. The second-order valence-electron chi connectivity index (χ2n) is 6.02. The normalized spacial score (nSPS) is 27.9. The molecule has 0 spiro atoms. The minimum Gasteiger partial charge on any atom is -0.342 e. The van der Waals surface area contributed by atoms with Crippen LogP contribution in [0.25, 0.3) is 0 Å². The molecule has 0 aromatic carbocycles. The summed E-state index contributed by atoms with van der Waals surface area (Å²) in [6, 6.07) is -0.367. The number of rotatable bonds is 6. The highest BCUT2D eigenvalue weighted by atomic mass is 16.2. The maximum atomic E-state index is 12.6. The summed E-state index contributed by atoms with van der Waals surface area (Å²) in [5.74, 6) is 0.200. The SMILES string of the molecule is CCCCCN1C(=O)C(C(C)C)NC(=O)C1(C)CC. The zero-order chi connectivity index (χ0) is 14.6. The Bertz CT molecular complexity index is 341. The molecule has 0 radical (unpaired) electrons. The van der Waals surface area contributed by atoms with E-state index in [2.05, 4.69) is 12.2 Å². The van der Waals surface area contributed by atoms with Crippen molar-refractivity contribution in [1.29, 1.82) is 0 Å². The first kappa shape index (κ1) is 16.0. The van der Waals surface area contributed by atoms with Crippen LogP contribution in [-0.4, -0.2) is 34.8 Å². The van der Waals surface area contributed by atoms with Crippen LogP contribution in [0.1, 0.15) is 60.3 Å². The monoisotopic (exact) mass is 268 g/mol. The van der Waals surface area contributed by atoms with E-state index in [1.165, 1.54) is 0 Å². The van der Waals surface area contributed by atoms with Crippen molar-refractivity contribution >= 4 is 11.8 Å². The number of carbonyl (C=O) groups excluding carboxylic acids is 2. The van der Waals surface area contributed by atoms with Crippen molar-refractivity contribution in [2.24, 2.45) is 5.92 Å². The van der Waals surface area contributed by atoms with E-state index in [4.69, 9.17) is 0 Å². The summed E-state index contributed by atoms with van der Waals surface area (Å²) in [5.41, 5.74) is -0.684. The molecule has 1 fully saturated rings. The Morgan fingerprint density at radius 2 is 1.89 bits per heavy atom. The van der Waals surface area contributed by atoms with Gasteiger partial charge in [-0.25, -0.2) is 0 Å². The summed E-state index contributed by atoms with van der Waals surface area (Å²) >= 11 is 0. The number of carbonyl (C=O) groups is 2. The molecule has 0 aliphatic carbocycles. The molecule has 1 saturated heterocycles. The van der Waals surface area contributed by atoms with Crippen molar-refractivity contribution in [2.45, 2.75) is 71.9 Å². The molecule has 2 atom stereocenters. The van der Waals surface area contributed by atoms with Crippen molar-refractivity contribution < 1.29 is 9.59 Å². The van der Waals surface area contributed by atoms with Crippen molar-refractivity contribution in [3.8, 4) is 0 Å². The molecular formula is C15H28N2O2. The van der Waals surface area contributed by atoms with Gasteiger partial charge in [0.15, 0.2) is 0 Å². The van der Waals surface area contributed by atoms with Gasteiger partial charge in [-0.1, -0.05) is 40.5 Å². The topological polar surface area (TPSA) is 49.4 Å². The summed E-state index contributed by atoms with van der Waals surface area (Å²) < 4.78 is 0. The lowest BCUT2D eigenvalue weighted by Crippen LogP contribution is -2.70. The molecule has 110 valence electrons. The third-order valence-electron chi connectivity index (χ3n) is 4.24. The Labute approximate surface area is 116 Å². The molecule has 1 N–H and O–H groups in total. The van der Waals surface area contributed by atoms with Crippen LogP contribution in [0.3, 0.4) is 0 Å². The van der Waals surface area contributed by atoms with Gasteiger partial charge in [0.1, 0.15) is 11.6 Å². The van der Waals surface area contributed by atoms with Crippen molar-refractivity contribution in [3.63, 3.8) is 0 Å². The molecular weight excluding hydrogens is 240 g/mol. The first-order chi connectivity index (χ1) is 8.88. The molecule has 4 nitrogen and oxygen atoms in total. The van der Waals surface area contributed by atoms with E-state index in [9.17, 15) is 9.59 Å². The maximum absolute atomic E-state index is 12.6. The number of amides is 2. The summed E-state index contributed by atoms with van der Waals surface area (Å²) in [6.07, 6.45) is 3.83. The van der Waals surface area contributed by atoms with Crippen LogP contribution in [0.2, 0.25) is 0 Å². The molecule has 0 aromatic heterocycles. The van der Waals surface area contributed by atoms with E-state index in [1.54, 1.807) is 0 Å². The lowest BCUT2D eigenvalue weighted by molar-refractivity contribution is -0.158. The van der Waals surface area contributed by atoms with Crippen molar-refractivity contribution in [3.05, 3.63) is 0 Å². The lowest BCUT2D eigenvalue weighted by Gasteiger charge is -2.47. The second-order valence-corrected chi connectivity index (χ2v) is 6.02. The van der Waals surface area contributed by atoms with Crippen LogP contribution in [0.15, 0.2) is 0 Å². The third-order valence-corrected chi connectivity index (χ3v) is 4.24. The highest BCUT2D eigenvalue weighted by molar-refractivity contribution is 5.99. The van der Waals surface area contributed by atoms with E-state index in [0.717, 1.165) is 19.3 Å². The Morgan fingerprint density at radius 3 is 2.37 bits per heavy atom. The quantitative estimate of drug-likeness (QED) is 0.752. The molecule has 0 aromatic rings.